The minimum Gasteiger partial charge on any atom is -0.354 e. The molecule has 0 atom stereocenters. The summed E-state index contributed by atoms with van der Waals surface area (Å²) in [6.07, 6.45) is 0.327. The van der Waals surface area contributed by atoms with Crippen molar-refractivity contribution in [2.45, 2.75) is 13.0 Å². The van der Waals surface area contributed by atoms with Gasteiger partial charge in [0, 0.05) is 27.5 Å². The van der Waals surface area contributed by atoms with Gasteiger partial charge in [0.1, 0.15) is 0 Å². The first-order chi connectivity index (χ1) is 13.2. The van der Waals surface area contributed by atoms with Crippen molar-refractivity contribution in [2.75, 3.05) is 0 Å². The molecular formula is C23H19BrN2O. The molecule has 1 amide bonds. The predicted octanol–water partition coefficient (Wildman–Crippen LogP) is 5.46. The Morgan fingerprint density at radius 3 is 2.41 bits per heavy atom. The van der Waals surface area contributed by atoms with Gasteiger partial charge < -0.3 is 10.3 Å². The van der Waals surface area contributed by atoms with E-state index < -0.39 is 0 Å². The summed E-state index contributed by atoms with van der Waals surface area (Å²) in [6, 6.07) is 26.1. The number of para-hydroxylation sites is 1. The Morgan fingerprint density at radius 2 is 1.59 bits per heavy atom. The molecule has 0 saturated carbocycles. The fraction of sp³-hybridized carbons (Fsp3) is 0.0870. The summed E-state index contributed by atoms with van der Waals surface area (Å²) in [4.78, 5) is 16.1. The molecule has 0 fully saturated rings. The quantitative estimate of drug-likeness (QED) is 0.444. The number of fused-ring (bicyclic) bond motifs is 1. The van der Waals surface area contributed by atoms with Crippen LogP contribution in [0.5, 0.6) is 0 Å². The standard InChI is InChI=1S/C23H19BrN2O/c24-20-12-6-4-11-18(20)23-19(17-10-5-7-13-21(17)26-23)14-22(27)25-15-16-8-2-1-3-9-16/h1-13,26H,14-15H2,(H,25,27). The summed E-state index contributed by atoms with van der Waals surface area (Å²) in [7, 11) is 0. The molecule has 0 spiro atoms. The summed E-state index contributed by atoms with van der Waals surface area (Å²) < 4.78 is 1.00. The maximum absolute atomic E-state index is 12.7. The molecule has 4 aromatic rings. The van der Waals surface area contributed by atoms with Crippen LogP contribution >= 0.6 is 15.9 Å². The van der Waals surface area contributed by atoms with Crippen molar-refractivity contribution in [3.05, 3.63) is 94.5 Å². The van der Waals surface area contributed by atoms with Crippen molar-refractivity contribution >= 4 is 32.7 Å². The van der Waals surface area contributed by atoms with E-state index in [0.29, 0.717) is 13.0 Å². The molecule has 4 rings (SSSR count). The van der Waals surface area contributed by atoms with E-state index in [1.54, 1.807) is 0 Å². The van der Waals surface area contributed by atoms with E-state index in [2.05, 4.69) is 38.4 Å². The van der Waals surface area contributed by atoms with Gasteiger partial charge in [-0.3, -0.25) is 4.79 Å². The number of carbonyl (C=O) groups excluding carboxylic acids is 1. The molecule has 0 aliphatic heterocycles. The molecule has 3 nitrogen and oxygen atoms in total. The minimum absolute atomic E-state index is 0.0110. The van der Waals surface area contributed by atoms with E-state index >= 15 is 0 Å². The first kappa shape index (κ1) is 17.6. The highest BCUT2D eigenvalue weighted by molar-refractivity contribution is 9.10. The molecule has 2 N–H and O–H groups in total. The fourth-order valence-corrected chi connectivity index (χ4v) is 3.78. The second kappa shape index (κ2) is 7.80. The lowest BCUT2D eigenvalue weighted by Crippen LogP contribution is -2.24. The Kier molecular flexibility index (Phi) is 5.07. The predicted molar refractivity (Wildman–Crippen MR) is 113 cm³/mol. The van der Waals surface area contributed by atoms with Crippen LogP contribution < -0.4 is 5.32 Å². The number of benzene rings is 3. The van der Waals surface area contributed by atoms with E-state index in [-0.39, 0.29) is 5.91 Å². The first-order valence-electron chi connectivity index (χ1n) is 8.87. The van der Waals surface area contributed by atoms with Gasteiger partial charge in [-0.2, -0.15) is 0 Å². The number of aromatic nitrogens is 1. The lowest BCUT2D eigenvalue weighted by Gasteiger charge is -2.09. The molecule has 1 aromatic heterocycles. The molecule has 27 heavy (non-hydrogen) atoms. The molecule has 1 heterocycles. The van der Waals surface area contributed by atoms with Gasteiger partial charge in [0.05, 0.1) is 12.1 Å². The second-order valence-electron chi connectivity index (χ2n) is 6.44. The largest absolute Gasteiger partial charge is 0.354 e. The SMILES string of the molecule is O=C(Cc1c(-c2ccccc2Br)[nH]c2ccccc12)NCc1ccccc1. The van der Waals surface area contributed by atoms with Crippen molar-refractivity contribution < 1.29 is 4.79 Å². The summed E-state index contributed by atoms with van der Waals surface area (Å²) in [6.45, 7) is 0.534. The zero-order valence-corrected chi connectivity index (χ0v) is 16.3. The Labute approximate surface area is 166 Å². The molecule has 0 saturated heterocycles. The smallest absolute Gasteiger partial charge is 0.224 e. The maximum Gasteiger partial charge on any atom is 0.224 e. The number of halogens is 1. The average Bonchev–Trinajstić information content (AvgIpc) is 3.06. The van der Waals surface area contributed by atoms with Gasteiger partial charge >= 0.3 is 0 Å². The van der Waals surface area contributed by atoms with Crippen LogP contribution in [0.4, 0.5) is 0 Å². The van der Waals surface area contributed by atoms with Gasteiger partial charge in [-0.15, -0.1) is 0 Å². The summed E-state index contributed by atoms with van der Waals surface area (Å²) >= 11 is 3.63. The van der Waals surface area contributed by atoms with Crippen LogP contribution in [0.3, 0.4) is 0 Å². The normalized spacial score (nSPS) is 10.9. The Hall–Kier alpha value is -2.85. The van der Waals surface area contributed by atoms with Crippen molar-refractivity contribution in [1.82, 2.24) is 10.3 Å². The summed E-state index contributed by atoms with van der Waals surface area (Å²) in [5.41, 5.74) is 5.19. The monoisotopic (exact) mass is 418 g/mol. The van der Waals surface area contributed by atoms with Crippen LogP contribution in [0.25, 0.3) is 22.2 Å². The molecule has 134 valence electrons. The zero-order valence-electron chi connectivity index (χ0n) is 14.7. The number of rotatable bonds is 5. The molecule has 0 aliphatic rings. The van der Waals surface area contributed by atoms with Gasteiger partial charge in [-0.1, -0.05) is 82.7 Å². The van der Waals surface area contributed by atoms with E-state index in [0.717, 1.165) is 37.8 Å². The Bertz CT molecular complexity index is 1090. The number of hydrogen-bond acceptors (Lipinski definition) is 1. The highest BCUT2D eigenvalue weighted by Crippen LogP contribution is 2.34. The summed E-state index contributed by atoms with van der Waals surface area (Å²) in [5, 5.41) is 4.11. The molecule has 0 aliphatic carbocycles. The van der Waals surface area contributed by atoms with E-state index in [1.165, 1.54) is 0 Å². The highest BCUT2D eigenvalue weighted by atomic mass is 79.9. The summed E-state index contributed by atoms with van der Waals surface area (Å²) in [5.74, 6) is 0.0110. The maximum atomic E-state index is 12.7. The molecular weight excluding hydrogens is 400 g/mol. The molecule has 4 heteroatoms. The molecule has 3 aromatic carbocycles. The van der Waals surface area contributed by atoms with Crippen LogP contribution in [0.15, 0.2) is 83.3 Å². The van der Waals surface area contributed by atoms with Crippen molar-refractivity contribution in [3.63, 3.8) is 0 Å². The topological polar surface area (TPSA) is 44.9 Å². The van der Waals surface area contributed by atoms with Gasteiger partial charge in [0.2, 0.25) is 5.91 Å². The van der Waals surface area contributed by atoms with Gasteiger partial charge in [0.15, 0.2) is 0 Å². The third kappa shape index (κ3) is 3.81. The zero-order chi connectivity index (χ0) is 18.6. The lowest BCUT2D eigenvalue weighted by atomic mass is 10.0. The van der Waals surface area contributed by atoms with E-state index in [4.69, 9.17) is 0 Å². The van der Waals surface area contributed by atoms with Crippen LogP contribution in [0.1, 0.15) is 11.1 Å². The second-order valence-corrected chi connectivity index (χ2v) is 7.30. The number of amides is 1. The van der Waals surface area contributed by atoms with Gasteiger partial charge in [-0.05, 0) is 23.3 Å². The van der Waals surface area contributed by atoms with E-state index in [1.807, 2.05) is 66.7 Å². The van der Waals surface area contributed by atoms with Crippen LogP contribution in [0, 0.1) is 0 Å². The number of aromatic amines is 1. The number of nitrogens with one attached hydrogen (secondary N) is 2. The highest BCUT2D eigenvalue weighted by Gasteiger charge is 2.17. The minimum atomic E-state index is 0.0110. The van der Waals surface area contributed by atoms with Crippen molar-refractivity contribution in [3.8, 4) is 11.3 Å². The molecule has 0 bridgehead atoms. The lowest BCUT2D eigenvalue weighted by molar-refractivity contribution is -0.120. The number of carbonyl (C=O) groups is 1. The van der Waals surface area contributed by atoms with E-state index in [9.17, 15) is 4.79 Å². The fourth-order valence-electron chi connectivity index (χ4n) is 3.30. The molecule has 0 unspecified atom stereocenters. The third-order valence-corrected chi connectivity index (χ3v) is 5.32. The van der Waals surface area contributed by atoms with Crippen molar-refractivity contribution in [1.29, 1.82) is 0 Å². The van der Waals surface area contributed by atoms with Crippen LogP contribution in [0.2, 0.25) is 0 Å². The van der Waals surface area contributed by atoms with Crippen molar-refractivity contribution in [2.24, 2.45) is 0 Å². The third-order valence-electron chi connectivity index (χ3n) is 4.63. The Balaban J connectivity index is 1.65. The van der Waals surface area contributed by atoms with Crippen LogP contribution in [-0.4, -0.2) is 10.9 Å². The number of H-pyrrole nitrogens is 1. The average molecular weight is 419 g/mol. The van der Waals surface area contributed by atoms with Gasteiger partial charge in [-0.25, -0.2) is 0 Å². The van der Waals surface area contributed by atoms with Crippen LogP contribution in [-0.2, 0) is 17.8 Å². The molecule has 0 radical (unpaired) electrons. The Morgan fingerprint density at radius 1 is 0.889 bits per heavy atom. The first-order valence-corrected chi connectivity index (χ1v) is 9.67. The number of hydrogen-bond donors (Lipinski definition) is 2. The van der Waals surface area contributed by atoms with Gasteiger partial charge in [0.25, 0.3) is 0 Å².